The van der Waals surface area contributed by atoms with Crippen molar-refractivity contribution >= 4 is 43.8 Å². The summed E-state index contributed by atoms with van der Waals surface area (Å²) in [6.07, 6.45) is 2.25. The highest BCUT2D eigenvalue weighted by atomic mass is 35.5. The molecule has 160 valence electrons. The number of carboxylic acids is 1. The molecule has 1 aliphatic carbocycles. The largest absolute Gasteiger partial charge is 0.480 e. The molecule has 1 unspecified atom stereocenters. The van der Waals surface area contributed by atoms with E-state index in [0.29, 0.717) is 12.8 Å². The molecule has 0 bridgehead atoms. The topological polar surface area (TPSA) is 159 Å². The lowest BCUT2D eigenvalue weighted by Gasteiger charge is -2.42. The molecule has 1 fully saturated rings. The van der Waals surface area contributed by atoms with Crippen LogP contribution in [0.15, 0.2) is 0 Å². The molecule has 0 aromatic rings. The average molecular weight is 430 g/mol. The molecule has 0 spiro atoms. The number of halogens is 2. The summed E-state index contributed by atoms with van der Waals surface area (Å²) in [7, 11) is -1.40. The number of hydrogen-bond acceptors (Lipinski definition) is 6. The molecule has 0 saturated heterocycles. The summed E-state index contributed by atoms with van der Waals surface area (Å²) in [6, 6.07) is 0. The quantitative estimate of drug-likeness (QED) is 0.304. The summed E-state index contributed by atoms with van der Waals surface area (Å²) in [5, 5.41) is 30.4. The number of carbonyl (C=O) groups excluding carboxylic acids is 1. The van der Waals surface area contributed by atoms with E-state index < -0.39 is 30.1 Å². The van der Waals surface area contributed by atoms with E-state index in [-0.39, 0.29) is 61.8 Å². The van der Waals surface area contributed by atoms with Gasteiger partial charge >= 0.3 is 13.1 Å². The van der Waals surface area contributed by atoms with Crippen LogP contribution in [0.3, 0.4) is 0 Å². The van der Waals surface area contributed by atoms with Crippen molar-refractivity contribution < 1.29 is 24.7 Å². The predicted molar refractivity (Wildman–Crippen MR) is 110 cm³/mol. The zero-order valence-electron chi connectivity index (χ0n) is 16.2. The molecule has 8 N–H and O–H groups in total. The lowest BCUT2D eigenvalue weighted by atomic mass is 9.66. The number of aliphatic carboxylic acids is 1. The summed E-state index contributed by atoms with van der Waals surface area (Å²) >= 11 is 0. The number of carbonyl (C=O) groups is 2. The number of nitrogens with one attached hydrogen (secondary N) is 1. The highest BCUT2D eigenvalue weighted by Crippen LogP contribution is 2.38. The fourth-order valence-corrected chi connectivity index (χ4v) is 3.29. The van der Waals surface area contributed by atoms with Crippen LogP contribution < -0.4 is 16.8 Å². The van der Waals surface area contributed by atoms with Crippen LogP contribution in [0.5, 0.6) is 0 Å². The third-order valence-corrected chi connectivity index (χ3v) is 5.71. The minimum absolute atomic E-state index is 0. The third-order valence-electron chi connectivity index (χ3n) is 5.71. The number of amides is 1. The van der Waals surface area contributed by atoms with E-state index in [1.165, 1.54) is 0 Å². The van der Waals surface area contributed by atoms with E-state index in [9.17, 15) is 14.7 Å². The summed E-state index contributed by atoms with van der Waals surface area (Å²) in [5.41, 5.74) is 9.74. The SMILES string of the molecule is CC(C)C(C)(N)C(=O)NC[C@@H]1CC[C@@H](CCB(O)O)C[C@]1(N)C(=O)O.Cl.Cl. The Morgan fingerprint density at radius 3 is 2.30 bits per heavy atom. The maximum atomic E-state index is 12.3. The van der Waals surface area contributed by atoms with Crippen molar-refractivity contribution in [1.29, 1.82) is 0 Å². The Hall–Kier alpha value is -0.575. The molecule has 0 aliphatic heterocycles. The van der Waals surface area contributed by atoms with Crippen molar-refractivity contribution in [3.05, 3.63) is 0 Å². The Kier molecular flexibility index (Phi) is 12.1. The smallest absolute Gasteiger partial charge is 0.451 e. The molecule has 27 heavy (non-hydrogen) atoms. The minimum atomic E-state index is -1.45. The number of hydrogen-bond donors (Lipinski definition) is 6. The normalized spacial score (nSPS) is 27.0. The van der Waals surface area contributed by atoms with Crippen LogP contribution in [0.2, 0.25) is 6.32 Å². The minimum Gasteiger partial charge on any atom is -0.480 e. The second-order valence-corrected chi connectivity index (χ2v) is 7.90. The third kappa shape index (κ3) is 7.40. The number of nitrogens with two attached hydrogens (primary N) is 2. The van der Waals surface area contributed by atoms with Gasteiger partial charge in [0, 0.05) is 12.5 Å². The van der Waals surface area contributed by atoms with Gasteiger partial charge < -0.3 is 31.9 Å². The first-order valence-corrected chi connectivity index (χ1v) is 8.86. The van der Waals surface area contributed by atoms with Gasteiger partial charge in [0.2, 0.25) is 5.91 Å². The van der Waals surface area contributed by atoms with E-state index in [4.69, 9.17) is 21.5 Å². The first-order valence-electron chi connectivity index (χ1n) is 8.86. The Morgan fingerprint density at radius 2 is 1.85 bits per heavy atom. The van der Waals surface area contributed by atoms with Gasteiger partial charge in [0.15, 0.2) is 0 Å². The van der Waals surface area contributed by atoms with Crippen LogP contribution in [-0.2, 0) is 9.59 Å². The van der Waals surface area contributed by atoms with Gasteiger partial charge in [-0.3, -0.25) is 9.59 Å². The van der Waals surface area contributed by atoms with Crippen molar-refractivity contribution in [3.8, 4) is 0 Å². The van der Waals surface area contributed by atoms with E-state index in [2.05, 4.69) is 5.32 Å². The van der Waals surface area contributed by atoms with Crippen molar-refractivity contribution in [2.75, 3.05) is 6.54 Å². The second kappa shape index (κ2) is 11.4. The lowest BCUT2D eigenvalue weighted by molar-refractivity contribution is -0.148. The summed E-state index contributed by atoms with van der Waals surface area (Å²) in [5.74, 6) is -1.85. The van der Waals surface area contributed by atoms with Gasteiger partial charge in [-0.15, -0.1) is 24.8 Å². The first kappa shape index (κ1) is 28.6. The van der Waals surface area contributed by atoms with Crippen LogP contribution in [0.1, 0.15) is 46.5 Å². The molecule has 0 radical (unpaired) electrons. The standard InChI is InChI=1S/C16H32BN3O5.2ClH/c1-10(2)15(3,18)13(21)20-9-12-5-4-11(6-7-17(24)25)8-16(12,19)14(22)23;;/h10-12,24-25H,4-9,18-19H2,1-3H3,(H,20,21)(H,22,23);2*1H/t11-,12-,15?,16+;;/m0../s1. The molecule has 0 aromatic carbocycles. The van der Waals surface area contributed by atoms with Gasteiger partial charge in [0.1, 0.15) is 5.54 Å². The van der Waals surface area contributed by atoms with Gasteiger partial charge in [-0.05, 0) is 44.3 Å². The van der Waals surface area contributed by atoms with Crippen LogP contribution in [0, 0.1) is 17.8 Å². The monoisotopic (exact) mass is 429 g/mol. The molecule has 1 aliphatic rings. The van der Waals surface area contributed by atoms with Crippen molar-refractivity contribution in [2.24, 2.45) is 29.2 Å². The summed E-state index contributed by atoms with van der Waals surface area (Å²) in [6.45, 7) is 5.52. The average Bonchev–Trinajstić information content (AvgIpc) is 2.51. The van der Waals surface area contributed by atoms with Crippen LogP contribution in [-0.4, -0.2) is 51.8 Å². The van der Waals surface area contributed by atoms with E-state index in [0.717, 1.165) is 6.42 Å². The summed E-state index contributed by atoms with van der Waals surface area (Å²) < 4.78 is 0. The van der Waals surface area contributed by atoms with Gasteiger partial charge in [-0.25, -0.2) is 0 Å². The Morgan fingerprint density at radius 1 is 1.30 bits per heavy atom. The van der Waals surface area contributed by atoms with Gasteiger partial charge in [0.05, 0.1) is 5.54 Å². The molecule has 8 nitrogen and oxygen atoms in total. The molecule has 1 rings (SSSR count). The molecule has 1 amide bonds. The zero-order chi connectivity index (χ0) is 19.4. The highest BCUT2D eigenvalue weighted by Gasteiger charge is 2.47. The molecule has 0 aromatic heterocycles. The second-order valence-electron chi connectivity index (χ2n) is 7.90. The van der Waals surface area contributed by atoms with Gasteiger partial charge in [-0.2, -0.15) is 0 Å². The highest BCUT2D eigenvalue weighted by molar-refractivity contribution is 6.40. The maximum Gasteiger partial charge on any atom is 0.451 e. The Bertz CT molecular complexity index is 497. The van der Waals surface area contributed by atoms with Crippen LogP contribution >= 0.6 is 24.8 Å². The lowest BCUT2D eigenvalue weighted by Crippen LogP contribution is -2.62. The Balaban J connectivity index is 0. The van der Waals surface area contributed by atoms with Crippen molar-refractivity contribution in [3.63, 3.8) is 0 Å². The van der Waals surface area contributed by atoms with E-state index in [1.54, 1.807) is 6.92 Å². The molecule has 4 atom stereocenters. The van der Waals surface area contributed by atoms with Crippen molar-refractivity contribution in [2.45, 2.75) is 63.9 Å². The van der Waals surface area contributed by atoms with E-state index in [1.807, 2.05) is 13.8 Å². The van der Waals surface area contributed by atoms with Gasteiger partial charge in [-0.1, -0.05) is 20.3 Å². The maximum absolute atomic E-state index is 12.3. The fraction of sp³-hybridized carbons (Fsp3) is 0.875. The van der Waals surface area contributed by atoms with Gasteiger partial charge in [0.25, 0.3) is 0 Å². The fourth-order valence-electron chi connectivity index (χ4n) is 3.29. The molecule has 11 heteroatoms. The molecular formula is C16H34BCl2N3O5. The first-order chi connectivity index (χ1) is 11.4. The predicted octanol–water partition coefficient (Wildman–Crippen LogP) is 0.381. The molecule has 1 saturated carbocycles. The van der Waals surface area contributed by atoms with Crippen LogP contribution in [0.25, 0.3) is 0 Å². The number of rotatable bonds is 8. The zero-order valence-corrected chi connectivity index (χ0v) is 17.8. The molecular weight excluding hydrogens is 396 g/mol. The van der Waals surface area contributed by atoms with Crippen LogP contribution in [0.4, 0.5) is 0 Å². The Labute approximate surface area is 173 Å². The van der Waals surface area contributed by atoms with E-state index >= 15 is 0 Å². The number of carboxylic acid groups (broad SMARTS) is 1. The van der Waals surface area contributed by atoms with Crippen molar-refractivity contribution in [1.82, 2.24) is 5.32 Å². The summed E-state index contributed by atoms with van der Waals surface area (Å²) in [4.78, 5) is 24.1. The molecule has 0 heterocycles.